The summed E-state index contributed by atoms with van der Waals surface area (Å²) < 4.78 is 6.07. The molecule has 1 saturated heterocycles. The highest BCUT2D eigenvalue weighted by Crippen LogP contribution is 2.36. The van der Waals surface area contributed by atoms with Gasteiger partial charge in [-0.15, -0.1) is 11.8 Å². The van der Waals surface area contributed by atoms with Gasteiger partial charge in [-0.3, -0.25) is 29.1 Å². The van der Waals surface area contributed by atoms with Crippen molar-refractivity contribution in [3.8, 4) is 0 Å². The largest absolute Gasteiger partial charge is 0.459 e. The summed E-state index contributed by atoms with van der Waals surface area (Å²) in [5.41, 5.74) is 2.83. The number of hydrogen-bond donors (Lipinski definition) is 2. The van der Waals surface area contributed by atoms with E-state index in [1.807, 2.05) is 48.5 Å². The molecule has 0 aliphatic carbocycles. The number of carbonyl (C=O) groups excluding carboxylic acids is 4. The second-order valence-corrected chi connectivity index (χ2v) is 12.4. The van der Waals surface area contributed by atoms with Gasteiger partial charge in [-0.2, -0.15) is 0 Å². The number of hydrogen-bond acceptors (Lipinski definition) is 7. The number of furan rings is 1. The first kappa shape index (κ1) is 30.3. The monoisotopic (exact) mass is 622 g/mol. The van der Waals surface area contributed by atoms with Crippen molar-refractivity contribution in [2.24, 2.45) is 0 Å². The predicted octanol–water partition coefficient (Wildman–Crippen LogP) is 6.16. The van der Waals surface area contributed by atoms with Crippen LogP contribution >= 0.6 is 11.8 Å². The van der Waals surface area contributed by atoms with Crippen LogP contribution in [0.3, 0.4) is 0 Å². The first-order valence-corrected chi connectivity index (χ1v) is 16.2. The SMILES string of the molecule is C=C1NC(=O)CCC1N1C(=O)c2cccc(SCCCCCCC(=O)NC(c3cccnc3)c3cc4ccccc4o3)c2C1=O. The van der Waals surface area contributed by atoms with Crippen LogP contribution in [0, 0.1) is 0 Å². The van der Waals surface area contributed by atoms with Gasteiger partial charge in [0.05, 0.1) is 17.2 Å². The maximum absolute atomic E-state index is 13.4. The minimum Gasteiger partial charge on any atom is -0.459 e. The summed E-state index contributed by atoms with van der Waals surface area (Å²) in [6.45, 7) is 3.88. The number of thioether (sulfide) groups is 1. The van der Waals surface area contributed by atoms with Crippen molar-refractivity contribution in [2.75, 3.05) is 5.75 Å². The standard InChI is InChI=1S/C35H34N4O5S/c1-22-26(16-17-31(41)37-22)39-34(42)25-12-8-14-29(32(25)35(39)43)45-19-7-3-2-4-15-30(40)38-33(24-11-9-18-36-21-24)28-20-23-10-5-6-13-27(23)44-28/h5-6,8-14,18,20-21,26,33H,1-4,7,15-17,19H2,(H,37,41)(H,38,40). The number of para-hydroxylation sites is 1. The maximum Gasteiger partial charge on any atom is 0.263 e. The van der Waals surface area contributed by atoms with Crippen LogP contribution in [0.5, 0.6) is 0 Å². The van der Waals surface area contributed by atoms with E-state index in [1.165, 1.54) is 4.90 Å². The molecule has 6 rings (SSSR count). The van der Waals surface area contributed by atoms with Crippen molar-refractivity contribution < 1.29 is 23.6 Å². The number of nitrogens with one attached hydrogen (secondary N) is 2. The fraction of sp³-hybridized carbons (Fsp3) is 0.286. The number of fused-ring (bicyclic) bond motifs is 2. The topological polar surface area (TPSA) is 122 Å². The van der Waals surface area contributed by atoms with Crippen LogP contribution in [0.25, 0.3) is 11.0 Å². The Morgan fingerprint density at radius 2 is 1.89 bits per heavy atom. The number of amides is 4. The lowest BCUT2D eigenvalue weighted by Crippen LogP contribution is -2.48. The lowest BCUT2D eigenvalue weighted by Gasteiger charge is -2.31. The van der Waals surface area contributed by atoms with Gasteiger partial charge >= 0.3 is 0 Å². The number of benzene rings is 2. The van der Waals surface area contributed by atoms with Crippen LogP contribution in [0.2, 0.25) is 0 Å². The number of aromatic nitrogens is 1. The molecule has 4 heterocycles. The number of imide groups is 1. The number of rotatable bonds is 12. The van der Waals surface area contributed by atoms with Gasteiger partial charge in [0.15, 0.2) is 0 Å². The summed E-state index contributed by atoms with van der Waals surface area (Å²) in [6, 6.07) is 17.9. The third-order valence-corrected chi connectivity index (χ3v) is 9.32. The Morgan fingerprint density at radius 3 is 2.69 bits per heavy atom. The molecule has 0 bridgehead atoms. The highest BCUT2D eigenvalue weighted by molar-refractivity contribution is 7.99. The summed E-state index contributed by atoms with van der Waals surface area (Å²) in [5.74, 6) is 0.571. The summed E-state index contributed by atoms with van der Waals surface area (Å²) in [6.07, 6.45) is 7.95. The molecule has 0 saturated carbocycles. The zero-order valence-electron chi connectivity index (χ0n) is 24.8. The molecule has 2 unspecified atom stereocenters. The molecule has 4 amide bonds. The molecule has 0 radical (unpaired) electrons. The Kier molecular flexibility index (Phi) is 9.11. The summed E-state index contributed by atoms with van der Waals surface area (Å²) in [5, 5.41) is 6.78. The molecule has 230 valence electrons. The minimum absolute atomic E-state index is 0.0496. The maximum atomic E-state index is 13.4. The normalized spacial score (nSPS) is 17.0. The highest BCUT2D eigenvalue weighted by atomic mass is 32.2. The summed E-state index contributed by atoms with van der Waals surface area (Å²) in [4.78, 5) is 57.5. The molecule has 9 nitrogen and oxygen atoms in total. The molecule has 0 spiro atoms. The molecule has 45 heavy (non-hydrogen) atoms. The Bertz CT molecular complexity index is 1740. The van der Waals surface area contributed by atoms with Crippen LogP contribution in [0.15, 0.2) is 94.6 Å². The third-order valence-electron chi connectivity index (χ3n) is 8.17. The average Bonchev–Trinajstić information content (AvgIpc) is 3.58. The van der Waals surface area contributed by atoms with Gasteiger partial charge in [-0.1, -0.05) is 49.8 Å². The molecular formula is C35H34N4O5S. The van der Waals surface area contributed by atoms with Gasteiger partial charge < -0.3 is 15.1 Å². The lowest BCUT2D eigenvalue weighted by atomic mass is 10.0. The minimum atomic E-state index is -0.538. The zero-order valence-corrected chi connectivity index (χ0v) is 25.6. The molecule has 10 heteroatoms. The van der Waals surface area contributed by atoms with E-state index in [1.54, 1.807) is 36.3 Å². The highest BCUT2D eigenvalue weighted by Gasteiger charge is 2.43. The summed E-state index contributed by atoms with van der Waals surface area (Å²) in [7, 11) is 0. The molecule has 1 fully saturated rings. The van der Waals surface area contributed by atoms with Gasteiger partial charge in [0, 0.05) is 46.8 Å². The van der Waals surface area contributed by atoms with Gasteiger partial charge in [0.25, 0.3) is 11.8 Å². The molecule has 2 aromatic carbocycles. The second-order valence-electron chi connectivity index (χ2n) is 11.3. The Labute approximate surface area is 265 Å². The molecule has 2 atom stereocenters. The van der Waals surface area contributed by atoms with E-state index in [2.05, 4.69) is 22.2 Å². The Morgan fingerprint density at radius 1 is 1.04 bits per heavy atom. The van der Waals surface area contributed by atoms with Gasteiger partial charge in [-0.25, -0.2) is 0 Å². The van der Waals surface area contributed by atoms with Gasteiger partial charge in [-0.05, 0) is 55.3 Å². The molecule has 2 aliphatic heterocycles. The zero-order chi connectivity index (χ0) is 31.3. The molecule has 2 aliphatic rings. The number of pyridine rings is 1. The van der Waals surface area contributed by atoms with E-state index in [0.717, 1.165) is 52.9 Å². The first-order valence-electron chi connectivity index (χ1n) is 15.2. The fourth-order valence-electron chi connectivity index (χ4n) is 5.89. The Balaban J connectivity index is 0.978. The van der Waals surface area contributed by atoms with Crippen LogP contribution in [0.1, 0.15) is 83.0 Å². The molecule has 2 N–H and O–H groups in total. The van der Waals surface area contributed by atoms with Crippen molar-refractivity contribution in [1.82, 2.24) is 20.5 Å². The fourth-order valence-corrected chi connectivity index (χ4v) is 6.98. The van der Waals surface area contributed by atoms with Crippen LogP contribution in [-0.4, -0.2) is 45.3 Å². The number of nitrogens with zero attached hydrogens (tertiary/aromatic N) is 2. The van der Waals surface area contributed by atoms with Crippen LogP contribution < -0.4 is 10.6 Å². The molecular weight excluding hydrogens is 588 g/mol. The van der Waals surface area contributed by atoms with Crippen molar-refractivity contribution in [2.45, 2.75) is 61.9 Å². The molecule has 2 aromatic heterocycles. The van der Waals surface area contributed by atoms with Crippen LogP contribution in [0.4, 0.5) is 0 Å². The molecule has 4 aromatic rings. The van der Waals surface area contributed by atoms with E-state index in [0.29, 0.717) is 35.4 Å². The lowest BCUT2D eigenvalue weighted by molar-refractivity contribution is -0.122. The second kappa shape index (κ2) is 13.5. The third kappa shape index (κ3) is 6.56. The van der Waals surface area contributed by atoms with Crippen molar-refractivity contribution in [1.29, 1.82) is 0 Å². The van der Waals surface area contributed by atoms with Crippen molar-refractivity contribution in [3.63, 3.8) is 0 Å². The van der Waals surface area contributed by atoms with Crippen molar-refractivity contribution >= 4 is 46.4 Å². The summed E-state index contributed by atoms with van der Waals surface area (Å²) >= 11 is 1.56. The van der Waals surface area contributed by atoms with Crippen molar-refractivity contribution in [3.05, 3.63) is 108 Å². The van der Waals surface area contributed by atoms with Gasteiger partial charge in [0.1, 0.15) is 17.4 Å². The first-order chi connectivity index (χ1) is 21.9. The number of piperidine rings is 1. The quantitative estimate of drug-likeness (QED) is 0.110. The predicted molar refractivity (Wildman–Crippen MR) is 171 cm³/mol. The van der Waals surface area contributed by atoms with E-state index in [4.69, 9.17) is 4.42 Å². The van der Waals surface area contributed by atoms with E-state index < -0.39 is 12.1 Å². The number of unbranched alkanes of at least 4 members (excludes halogenated alkanes) is 3. The van der Waals surface area contributed by atoms with E-state index >= 15 is 0 Å². The van der Waals surface area contributed by atoms with Gasteiger partial charge in [0.2, 0.25) is 11.8 Å². The van der Waals surface area contributed by atoms with E-state index in [-0.39, 0.29) is 30.0 Å². The Hall–Kier alpha value is -4.70. The number of carbonyl (C=O) groups is 4. The van der Waals surface area contributed by atoms with Crippen LogP contribution in [-0.2, 0) is 9.59 Å². The smallest absolute Gasteiger partial charge is 0.263 e. The van der Waals surface area contributed by atoms with E-state index in [9.17, 15) is 19.2 Å². The average molecular weight is 623 g/mol.